The van der Waals surface area contributed by atoms with Gasteiger partial charge in [0.1, 0.15) is 17.4 Å². The van der Waals surface area contributed by atoms with Crippen molar-refractivity contribution in [2.75, 3.05) is 11.9 Å². The van der Waals surface area contributed by atoms with Crippen LogP contribution in [0, 0.1) is 17.1 Å². The number of carbonyl (C=O) groups is 2. The number of halogens is 1. The number of hydrogen-bond acceptors (Lipinski definition) is 4. The van der Waals surface area contributed by atoms with Gasteiger partial charge in [0.2, 0.25) is 5.91 Å². The fourth-order valence-corrected chi connectivity index (χ4v) is 2.03. The molecule has 2 rings (SSSR count). The lowest BCUT2D eigenvalue weighted by Crippen LogP contribution is -2.33. The Morgan fingerprint density at radius 2 is 1.88 bits per heavy atom. The van der Waals surface area contributed by atoms with Crippen LogP contribution < -0.4 is 16.4 Å². The molecule has 2 amide bonds. The number of hydrogen-bond donors (Lipinski definition) is 3. The lowest BCUT2D eigenvalue weighted by atomic mass is 10.1. The number of anilines is 1. The lowest BCUT2D eigenvalue weighted by molar-refractivity contribution is -0.117. The van der Waals surface area contributed by atoms with E-state index in [4.69, 9.17) is 11.0 Å². The van der Waals surface area contributed by atoms with Crippen molar-refractivity contribution in [2.45, 2.75) is 6.54 Å². The molecule has 0 aliphatic rings. The molecule has 6 nitrogen and oxygen atoms in total. The van der Waals surface area contributed by atoms with Gasteiger partial charge in [-0.3, -0.25) is 9.59 Å². The van der Waals surface area contributed by atoms with Crippen LogP contribution in [0.4, 0.5) is 10.1 Å². The molecule has 2 aromatic rings. The quantitative estimate of drug-likeness (QED) is 0.748. The molecule has 0 aliphatic heterocycles. The summed E-state index contributed by atoms with van der Waals surface area (Å²) >= 11 is 0. The second kappa shape index (κ2) is 7.74. The van der Waals surface area contributed by atoms with Gasteiger partial charge in [-0.1, -0.05) is 18.2 Å². The second-order valence-electron chi connectivity index (χ2n) is 4.97. The maximum absolute atomic E-state index is 13.5. The first-order valence-corrected chi connectivity index (χ1v) is 7.09. The van der Waals surface area contributed by atoms with Crippen LogP contribution in [0.15, 0.2) is 42.5 Å². The molecule has 0 heterocycles. The van der Waals surface area contributed by atoms with Gasteiger partial charge in [-0.25, -0.2) is 4.39 Å². The predicted octanol–water partition coefficient (Wildman–Crippen LogP) is 1.52. The number of nitrogens with zero attached hydrogens (tertiary/aromatic N) is 1. The van der Waals surface area contributed by atoms with Crippen LogP contribution in [0.5, 0.6) is 0 Å². The third kappa shape index (κ3) is 4.30. The van der Waals surface area contributed by atoms with E-state index in [-0.39, 0.29) is 12.1 Å². The Bertz CT molecular complexity index is 797. The van der Waals surface area contributed by atoms with E-state index in [0.29, 0.717) is 17.8 Å². The smallest absolute Gasteiger partial charge is 0.251 e. The van der Waals surface area contributed by atoms with Crippen molar-refractivity contribution in [1.29, 1.82) is 5.26 Å². The Morgan fingerprint density at radius 1 is 1.17 bits per heavy atom. The van der Waals surface area contributed by atoms with E-state index in [1.807, 2.05) is 6.07 Å². The van der Waals surface area contributed by atoms with Gasteiger partial charge in [-0.15, -0.1) is 0 Å². The highest BCUT2D eigenvalue weighted by molar-refractivity contribution is 5.96. The average Bonchev–Trinajstić information content (AvgIpc) is 2.58. The molecular weight excluding hydrogens is 311 g/mol. The summed E-state index contributed by atoms with van der Waals surface area (Å²) in [6.45, 7) is 0.139. The molecule has 0 aromatic heterocycles. The molecule has 0 spiro atoms. The molecular formula is C17H15FN4O2. The van der Waals surface area contributed by atoms with Crippen molar-refractivity contribution in [3.05, 3.63) is 65.0 Å². The zero-order valence-electron chi connectivity index (χ0n) is 12.7. The molecule has 2 aromatic carbocycles. The third-order valence-corrected chi connectivity index (χ3v) is 3.25. The Kier molecular flexibility index (Phi) is 5.47. The first-order chi connectivity index (χ1) is 11.5. The van der Waals surface area contributed by atoms with Gasteiger partial charge >= 0.3 is 0 Å². The van der Waals surface area contributed by atoms with Crippen molar-refractivity contribution in [2.24, 2.45) is 5.73 Å². The number of nitrogens with two attached hydrogens (primary N) is 1. The van der Waals surface area contributed by atoms with Crippen LogP contribution in [0.3, 0.4) is 0 Å². The predicted molar refractivity (Wildman–Crippen MR) is 86.4 cm³/mol. The highest BCUT2D eigenvalue weighted by atomic mass is 19.1. The Morgan fingerprint density at radius 3 is 2.50 bits per heavy atom. The number of rotatable bonds is 6. The van der Waals surface area contributed by atoms with Gasteiger partial charge in [0.15, 0.2) is 0 Å². The lowest BCUT2D eigenvalue weighted by Gasteiger charge is -2.09. The van der Waals surface area contributed by atoms with E-state index in [2.05, 4.69) is 10.6 Å². The minimum absolute atomic E-state index is 0.0417. The van der Waals surface area contributed by atoms with Gasteiger partial charge in [-0.05, 0) is 29.8 Å². The largest absolute Gasteiger partial charge is 0.380 e. The summed E-state index contributed by atoms with van der Waals surface area (Å²) in [7, 11) is 0. The zero-order chi connectivity index (χ0) is 17.5. The summed E-state index contributed by atoms with van der Waals surface area (Å²) in [4.78, 5) is 22.4. The van der Waals surface area contributed by atoms with Crippen molar-refractivity contribution in [1.82, 2.24) is 5.32 Å². The Balaban J connectivity index is 2.00. The van der Waals surface area contributed by atoms with Gasteiger partial charge < -0.3 is 16.4 Å². The van der Waals surface area contributed by atoms with Crippen LogP contribution in [0.1, 0.15) is 21.5 Å². The molecule has 122 valence electrons. The van der Waals surface area contributed by atoms with Crippen molar-refractivity contribution < 1.29 is 14.0 Å². The van der Waals surface area contributed by atoms with Crippen LogP contribution in [-0.4, -0.2) is 18.4 Å². The van der Waals surface area contributed by atoms with Gasteiger partial charge in [0.25, 0.3) is 5.91 Å². The Labute approximate surface area is 138 Å². The van der Waals surface area contributed by atoms with Crippen LogP contribution in [0.2, 0.25) is 0 Å². The maximum Gasteiger partial charge on any atom is 0.251 e. The van der Waals surface area contributed by atoms with Crippen LogP contribution >= 0.6 is 0 Å². The highest BCUT2D eigenvalue weighted by Crippen LogP contribution is 2.18. The molecule has 7 heteroatoms. The Hall–Kier alpha value is -3.40. The average molecular weight is 326 g/mol. The summed E-state index contributed by atoms with van der Waals surface area (Å²) in [5.74, 6) is -1.60. The van der Waals surface area contributed by atoms with Crippen LogP contribution in [-0.2, 0) is 11.3 Å². The molecule has 0 aliphatic carbocycles. The summed E-state index contributed by atoms with van der Waals surface area (Å²) in [6.07, 6.45) is 0. The minimum Gasteiger partial charge on any atom is -0.380 e. The minimum atomic E-state index is -0.618. The van der Waals surface area contributed by atoms with E-state index >= 15 is 0 Å². The van der Waals surface area contributed by atoms with E-state index < -0.39 is 17.6 Å². The summed E-state index contributed by atoms with van der Waals surface area (Å²) in [5, 5.41) is 14.4. The number of amides is 2. The molecule has 0 radical (unpaired) electrons. The first kappa shape index (κ1) is 17.0. The van der Waals surface area contributed by atoms with E-state index in [9.17, 15) is 14.0 Å². The fraction of sp³-hybridized carbons (Fsp3) is 0.118. The van der Waals surface area contributed by atoms with Gasteiger partial charge in [0, 0.05) is 12.1 Å². The third-order valence-electron chi connectivity index (χ3n) is 3.25. The molecule has 4 N–H and O–H groups in total. The standard InChI is InChI=1S/C17H15FN4O2/c18-14-2-1-3-15(13(14)8-19)21-9-11-4-6-12(7-5-11)17(24)22-10-16(20)23/h1-7,21H,9-10H2,(H2,20,23)(H,22,24). The van der Waals surface area contributed by atoms with Crippen molar-refractivity contribution in [3.8, 4) is 6.07 Å². The molecule has 0 atom stereocenters. The van der Waals surface area contributed by atoms with E-state index in [1.54, 1.807) is 30.3 Å². The maximum atomic E-state index is 13.5. The summed E-state index contributed by atoms with van der Waals surface area (Å²) in [6, 6.07) is 12.8. The van der Waals surface area contributed by atoms with Crippen LogP contribution in [0.25, 0.3) is 0 Å². The highest BCUT2D eigenvalue weighted by Gasteiger charge is 2.08. The monoisotopic (exact) mass is 326 g/mol. The van der Waals surface area contributed by atoms with Crippen molar-refractivity contribution in [3.63, 3.8) is 0 Å². The number of primary amides is 1. The number of carbonyl (C=O) groups excluding carboxylic acids is 2. The number of nitrogens with one attached hydrogen (secondary N) is 2. The number of benzene rings is 2. The van der Waals surface area contributed by atoms with Gasteiger partial charge in [0.05, 0.1) is 12.2 Å². The number of nitriles is 1. The SMILES string of the molecule is N#Cc1c(F)cccc1NCc1ccc(C(=O)NCC(N)=O)cc1. The fourth-order valence-electron chi connectivity index (χ4n) is 2.03. The molecule has 0 fully saturated rings. The molecule has 0 bridgehead atoms. The van der Waals surface area contributed by atoms with Crippen molar-refractivity contribution >= 4 is 17.5 Å². The second-order valence-corrected chi connectivity index (χ2v) is 4.97. The molecule has 0 unspecified atom stereocenters. The zero-order valence-corrected chi connectivity index (χ0v) is 12.7. The molecule has 0 saturated heterocycles. The first-order valence-electron chi connectivity index (χ1n) is 7.09. The molecule has 24 heavy (non-hydrogen) atoms. The summed E-state index contributed by atoms with van der Waals surface area (Å²) < 4.78 is 13.5. The summed E-state index contributed by atoms with van der Waals surface area (Å²) in [5.41, 5.74) is 6.56. The topological polar surface area (TPSA) is 108 Å². The van der Waals surface area contributed by atoms with E-state index in [1.165, 1.54) is 12.1 Å². The molecule has 0 saturated carbocycles. The normalized spacial score (nSPS) is 9.83. The van der Waals surface area contributed by atoms with E-state index in [0.717, 1.165) is 5.56 Å². The van der Waals surface area contributed by atoms with Gasteiger partial charge in [-0.2, -0.15) is 5.26 Å².